The van der Waals surface area contributed by atoms with Gasteiger partial charge in [0.2, 0.25) is 0 Å². The van der Waals surface area contributed by atoms with Gasteiger partial charge in [-0.1, -0.05) is 5.92 Å². The van der Waals surface area contributed by atoms with E-state index in [4.69, 9.17) is 37.3 Å². The highest BCUT2D eigenvalue weighted by atomic mass is 31.3. The predicted molar refractivity (Wildman–Crippen MR) is 96.2 cm³/mol. The number of anilines is 1. The average molecular weight is 507 g/mol. The second-order valence-electron chi connectivity index (χ2n) is 5.84. The molecule has 1 aromatic heterocycles. The number of ether oxygens (including phenoxy) is 1. The van der Waals surface area contributed by atoms with Gasteiger partial charge in [0.25, 0.3) is 0 Å². The summed E-state index contributed by atoms with van der Waals surface area (Å²) in [6.07, 6.45) is 1.15. The minimum Gasteiger partial charge on any atom is -0.387 e. The van der Waals surface area contributed by atoms with Gasteiger partial charge in [-0.3, -0.25) is 4.52 Å². The standard InChI is InChI=1S/C10H16N5O13P3/c1-2-10(12)7(16)5(26-8(10)15-9(17)14-6(11)3-13-15)4-25-30(21,22)28-31(23,24)27-29(18,19)20/h1,3,5,7-8,16H,4,12H2,(H,21,22)(H,23,24)(H2,11,14,17)(H2,18,19,20)/t5-,7?,8-,10?/m1/s1. The highest BCUT2D eigenvalue weighted by molar-refractivity contribution is 7.66. The molecule has 2 rings (SSSR count). The molecule has 4 unspecified atom stereocenters. The molecular weight excluding hydrogens is 491 g/mol. The number of aliphatic hydroxyl groups excluding tert-OH is 1. The number of terminal acetylenes is 1. The highest BCUT2D eigenvalue weighted by Gasteiger charge is 2.55. The van der Waals surface area contributed by atoms with E-state index in [0.717, 1.165) is 6.20 Å². The Bertz CT molecular complexity index is 1080. The Morgan fingerprint density at radius 1 is 1.26 bits per heavy atom. The molecule has 0 amide bonds. The van der Waals surface area contributed by atoms with Crippen molar-refractivity contribution in [3.05, 3.63) is 16.7 Å². The van der Waals surface area contributed by atoms with Gasteiger partial charge >= 0.3 is 29.2 Å². The Hall–Kier alpha value is -1.54. The van der Waals surface area contributed by atoms with Crippen LogP contribution in [-0.4, -0.2) is 63.8 Å². The first-order valence-electron chi connectivity index (χ1n) is 7.59. The van der Waals surface area contributed by atoms with Gasteiger partial charge in [0.1, 0.15) is 18.0 Å². The van der Waals surface area contributed by atoms with Crippen LogP contribution in [0.2, 0.25) is 0 Å². The van der Waals surface area contributed by atoms with E-state index in [-0.39, 0.29) is 5.82 Å². The summed E-state index contributed by atoms with van der Waals surface area (Å²) in [7, 11) is -16.8. The van der Waals surface area contributed by atoms with Crippen molar-refractivity contribution in [1.29, 1.82) is 0 Å². The molecule has 6 atom stereocenters. The van der Waals surface area contributed by atoms with Crippen molar-refractivity contribution in [2.75, 3.05) is 12.3 Å². The number of aromatic nitrogens is 3. The molecule has 0 saturated carbocycles. The molecule has 0 aromatic carbocycles. The number of rotatable bonds is 8. The molecule has 1 saturated heterocycles. The molecule has 0 aliphatic carbocycles. The number of phosphoric acid groups is 3. The van der Waals surface area contributed by atoms with E-state index < -0.39 is 59.7 Å². The van der Waals surface area contributed by atoms with Crippen molar-refractivity contribution >= 4 is 29.3 Å². The molecule has 174 valence electrons. The zero-order chi connectivity index (χ0) is 23.8. The molecule has 1 fully saturated rings. The van der Waals surface area contributed by atoms with Crippen LogP contribution in [-0.2, 0) is 31.6 Å². The fourth-order valence-electron chi connectivity index (χ4n) is 2.35. The molecule has 1 aromatic rings. The summed E-state index contributed by atoms with van der Waals surface area (Å²) >= 11 is 0. The van der Waals surface area contributed by atoms with Crippen molar-refractivity contribution in [1.82, 2.24) is 14.8 Å². The van der Waals surface area contributed by atoms with Crippen molar-refractivity contribution in [2.45, 2.75) is 24.0 Å². The fraction of sp³-hybridized carbons (Fsp3) is 0.500. The third kappa shape index (κ3) is 6.25. The Morgan fingerprint density at radius 3 is 2.39 bits per heavy atom. The van der Waals surface area contributed by atoms with Crippen molar-refractivity contribution in [3.8, 4) is 12.3 Å². The number of hydrogen-bond donors (Lipinski definition) is 7. The van der Waals surface area contributed by atoms with Gasteiger partial charge in [0.05, 0.1) is 12.8 Å². The van der Waals surface area contributed by atoms with Crippen LogP contribution >= 0.6 is 23.5 Å². The average Bonchev–Trinajstić information content (AvgIpc) is 2.82. The molecule has 1 aliphatic heterocycles. The van der Waals surface area contributed by atoms with Crippen LogP contribution in [0.5, 0.6) is 0 Å². The second-order valence-corrected chi connectivity index (χ2v) is 10.3. The first-order valence-corrected chi connectivity index (χ1v) is 12.1. The van der Waals surface area contributed by atoms with E-state index in [1.165, 1.54) is 0 Å². The second kappa shape index (κ2) is 8.77. The van der Waals surface area contributed by atoms with Gasteiger partial charge in [-0.15, -0.1) is 6.42 Å². The number of nitrogens with zero attached hydrogens (tertiary/aromatic N) is 3. The predicted octanol–water partition coefficient (Wildman–Crippen LogP) is -2.85. The van der Waals surface area contributed by atoms with E-state index in [9.17, 15) is 28.5 Å². The number of nitrogen functional groups attached to an aromatic ring is 1. The molecule has 0 bridgehead atoms. The first kappa shape index (κ1) is 25.7. The minimum absolute atomic E-state index is 0.243. The summed E-state index contributed by atoms with van der Waals surface area (Å²) in [6, 6.07) is 0. The quantitative estimate of drug-likeness (QED) is 0.138. The zero-order valence-corrected chi connectivity index (χ0v) is 17.6. The number of phosphoric ester groups is 1. The van der Waals surface area contributed by atoms with Gasteiger partial charge in [-0.2, -0.15) is 23.4 Å². The van der Waals surface area contributed by atoms with Crippen molar-refractivity contribution in [2.24, 2.45) is 5.73 Å². The molecule has 18 nitrogen and oxygen atoms in total. The van der Waals surface area contributed by atoms with Gasteiger partial charge in [-0.25, -0.2) is 18.5 Å². The summed E-state index contributed by atoms with van der Waals surface area (Å²) in [5.41, 5.74) is 8.04. The van der Waals surface area contributed by atoms with Crippen LogP contribution in [0.1, 0.15) is 6.23 Å². The van der Waals surface area contributed by atoms with Crippen LogP contribution in [0, 0.1) is 12.3 Å². The summed E-state index contributed by atoms with van der Waals surface area (Å²) in [5, 5.41) is 14.0. The molecule has 9 N–H and O–H groups in total. The van der Waals surface area contributed by atoms with E-state index in [0.29, 0.717) is 4.68 Å². The largest absolute Gasteiger partial charge is 0.490 e. The van der Waals surface area contributed by atoms with Crippen LogP contribution in [0.25, 0.3) is 0 Å². The molecule has 31 heavy (non-hydrogen) atoms. The normalized spacial score (nSPS) is 30.3. The summed E-state index contributed by atoms with van der Waals surface area (Å²) in [6.45, 7) is -1.07. The van der Waals surface area contributed by atoms with Gasteiger partial charge in [0.15, 0.2) is 11.8 Å². The number of hydrogen-bond acceptors (Lipinski definition) is 13. The number of nitrogens with two attached hydrogens (primary N) is 2. The monoisotopic (exact) mass is 507 g/mol. The number of aliphatic hydroxyl groups is 1. The van der Waals surface area contributed by atoms with E-state index >= 15 is 0 Å². The third-order valence-corrected chi connectivity index (χ3v) is 7.38. The molecule has 2 heterocycles. The third-order valence-electron chi connectivity index (χ3n) is 3.58. The molecule has 0 radical (unpaired) electrons. The zero-order valence-electron chi connectivity index (χ0n) is 14.9. The van der Waals surface area contributed by atoms with Crippen LogP contribution in [0.15, 0.2) is 11.0 Å². The maximum Gasteiger partial charge on any atom is 0.490 e. The van der Waals surface area contributed by atoms with Crippen molar-refractivity contribution < 1.29 is 56.3 Å². The summed E-state index contributed by atoms with van der Waals surface area (Å²) in [4.78, 5) is 50.9. The van der Waals surface area contributed by atoms with Gasteiger partial charge in [0, 0.05) is 0 Å². The SMILES string of the molecule is C#CC1(N)C(O)[C@@H](COP(=O)(O)OP(=O)(O)OP(=O)(O)O)O[C@H]1n1ncc(N)nc1=O. The lowest BCUT2D eigenvalue weighted by atomic mass is 9.92. The fourth-order valence-corrected chi connectivity index (χ4v) is 5.38. The lowest BCUT2D eigenvalue weighted by Crippen LogP contribution is -2.55. The van der Waals surface area contributed by atoms with Crippen LogP contribution in [0.3, 0.4) is 0 Å². The topological polar surface area (TPSA) is 289 Å². The minimum atomic E-state index is -5.75. The maximum atomic E-state index is 12.0. The summed E-state index contributed by atoms with van der Waals surface area (Å²) in [5.74, 6) is 1.76. The van der Waals surface area contributed by atoms with E-state index in [2.05, 4.69) is 23.2 Å². The Labute approximate surface area is 172 Å². The van der Waals surface area contributed by atoms with E-state index in [1.807, 2.05) is 5.92 Å². The lowest BCUT2D eigenvalue weighted by molar-refractivity contribution is -0.0519. The van der Waals surface area contributed by atoms with Crippen LogP contribution in [0.4, 0.5) is 5.82 Å². The van der Waals surface area contributed by atoms with Gasteiger partial charge in [-0.05, 0) is 0 Å². The molecule has 0 spiro atoms. The first-order chi connectivity index (χ1) is 14.0. The molecule has 21 heteroatoms. The van der Waals surface area contributed by atoms with E-state index in [1.54, 1.807) is 0 Å². The smallest absolute Gasteiger partial charge is 0.387 e. The molecular formula is C10H16N5O13P3. The van der Waals surface area contributed by atoms with Crippen LogP contribution < -0.4 is 17.2 Å². The Kier molecular flexibility index (Phi) is 7.28. The maximum absolute atomic E-state index is 12.0. The Balaban J connectivity index is 2.18. The lowest BCUT2D eigenvalue weighted by Gasteiger charge is -2.26. The Morgan fingerprint density at radius 2 is 1.87 bits per heavy atom. The van der Waals surface area contributed by atoms with Crippen molar-refractivity contribution in [3.63, 3.8) is 0 Å². The van der Waals surface area contributed by atoms with Gasteiger partial charge < -0.3 is 40.9 Å². The highest BCUT2D eigenvalue weighted by Crippen LogP contribution is 2.66. The molecule has 1 aliphatic rings. The summed E-state index contributed by atoms with van der Waals surface area (Å²) < 4.78 is 51.0.